The molecule has 0 fully saturated rings. The summed E-state index contributed by atoms with van der Waals surface area (Å²) in [5.74, 6) is 0. The van der Waals surface area contributed by atoms with E-state index in [0.717, 1.165) is 33.1 Å². The molecule has 1 aliphatic rings. The first-order valence-electron chi connectivity index (χ1n) is 5.17. The number of rotatable bonds is 0. The highest BCUT2D eigenvalue weighted by atomic mass is 32.1. The third-order valence-corrected chi connectivity index (χ3v) is 3.73. The number of aromatic nitrogens is 2. The Balaban J connectivity index is 2.57. The Morgan fingerprint density at radius 1 is 0.812 bits per heavy atom. The smallest absolute Gasteiger partial charge is 0.128 e. The summed E-state index contributed by atoms with van der Waals surface area (Å²) in [6.45, 7) is 1.63. The maximum Gasteiger partial charge on any atom is 0.128 e. The highest BCUT2D eigenvalue weighted by Crippen LogP contribution is 2.19. The number of nitrogens with zero attached hydrogens (tertiary/aromatic N) is 2. The van der Waals surface area contributed by atoms with E-state index in [1.807, 2.05) is 24.3 Å². The molecule has 16 heavy (non-hydrogen) atoms. The molecular weight excluding hydrogens is 236 g/mol. The molecule has 2 aromatic rings. The van der Waals surface area contributed by atoms with Crippen LogP contribution in [0, 0.1) is 9.28 Å². The van der Waals surface area contributed by atoms with Crippen molar-refractivity contribution in [3.05, 3.63) is 45.7 Å². The zero-order valence-corrected chi connectivity index (χ0v) is 10.2. The number of hydrogen-bond acceptors (Lipinski definition) is 2. The lowest BCUT2D eigenvalue weighted by atomic mass is 10.2. The van der Waals surface area contributed by atoms with Gasteiger partial charge in [0.25, 0.3) is 0 Å². The Labute approximate surface area is 103 Å². The Morgan fingerprint density at radius 2 is 1.25 bits per heavy atom. The zero-order chi connectivity index (χ0) is 11.1. The van der Waals surface area contributed by atoms with E-state index in [-0.39, 0.29) is 0 Å². The van der Waals surface area contributed by atoms with Crippen molar-refractivity contribution in [3.8, 4) is 0 Å². The molecule has 0 N–H and O–H groups in total. The van der Waals surface area contributed by atoms with Crippen LogP contribution >= 0.6 is 24.4 Å². The second kappa shape index (κ2) is 3.64. The first-order chi connectivity index (χ1) is 7.79. The van der Waals surface area contributed by atoms with Gasteiger partial charge in [-0.2, -0.15) is 0 Å². The number of benzene rings is 1. The minimum atomic E-state index is 0.813. The quantitative estimate of drug-likeness (QED) is 0.520. The van der Waals surface area contributed by atoms with Crippen molar-refractivity contribution in [1.29, 1.82) is 0 Å². The van der Waals surface area contributed by atoms with Crippen molar-refractivity contribution in [2.45, 2.75) is 13.1 Å². The van der Waals surface area contributed by atoms with E-state index in [4.69, 9.17) is 24.4 Å². The molecule has 0 atom stereocenters. The SMILES string of the molecule is S=c1c2ccccc2c(=S)n2n1CC=CC2. The summed E-state index contributed by atoms with van der Waals surface area (Å²) >= 11 is 11.0. The molecular formula is C12H10N2S2. The highest BCUT2D eigenvalue weighted by molar-refractivity contribution is 7.72. The van der Waals surface area contributed by atoms with E-state index in [9.17, 15) is 0 Å². The first-order valence-corrected chi connectivity index (χ1v) is 5.98. The van der Waals surface area contributed by atoms with Crippen LogP contribution in [0.3, 0.4) is 0 Å². The monoisotopic (exact) mass is 246 g/mol. The molecule has 0 amide bonds. The van der Waals surface area contributed by atoms with Crippen molar-refractivity contribution < 1.29 is 0 Å². The van der Waals surface area contributed by atoms with Gasteiger partial charge in [-0.05, 0) is 0 Å². The molecule has 2 nitrogen and oxygen atoms in total. The fourth-order valence-electron chi connectivity index (χ4n) is 2.07. The fraction of sp³-hybridized carbons (Fsp3) is 0.167. The van der Waals surface area contributed by atoms with Crippen LogP contribution in [-0.4, -0.2) is 9.36 Å². The van der Waals surface area contributed by atoms with Crippen molar-refractivity contribution in [2.24, 2.45) is 0 Å². The van der Waals surface area contributed by atoms with E-state index >= 15 is 0 Å². The maximum atomic E-state index is 5.50. The van der Waals surface area contributed by atoms with E-state index < -0.39 is 0 Å². The molecule has 1 aliphatic heterocycles. The van der Waals surface area contributed by atoms with Gasteiger partial charge < -0.3 is 0 Å². The van der Waals surface area contributed by atoms with E-state index in [1.54, 1.807) is 0 Å². The molecule has 1 aromatic carbocycles. The molecule has 0 unspecified atom stereocenters. The summed E-state index contributed by atoms with van der Waals surface area (Å²) in [5.41, 5.74) is 0. The number of allylic oxidation sites excluding steroid dienone is 2. The lowest BCUT2D eigenvalue weighted by Gasteiger charge is -2.20. The standard InChI is InChI=1S/C12H10N2S2/c15-11-9-5-1-2-6-10(9)12(16)14-8-4-3-7-13(11)14/h1-6H,7-8H2. The van der Waals surface area contributed by atoms with Crippen LogP contribution in [0.25, 0.3) is 10.8 Å². The van der Waals surface area contributed by atoms with Gasteiger partial charge in [-0.3, -0.25) is 9.36 Å². The normalized spacial score (nSPS) is 14.0. The van der Waals surface area contributed by atoms with Gasteiger partial charge >= 0.3 is 0 Å². The lowest BCUT2D eigenvalue weighted by Crippen LogP contribution is -2.20. The van der Waals surface area contributed by atoms with Gasteiger partial charge in [0.2, 0.25) is 0 Å². The molecule has 0 bridgehead atoms. The van der Waals surface area contributed by atoms with Crippen LogP contribution in [0.4, 0.5) is 0 Å². The number of fused-ring (bicyclic) bond motifs is 2. The summed E-state index contributed by atoms with van der Waals surface area (Å²) in [5, 5.41) is 2.16. The van der Waals surface area contributed by atoms with Gasteiger partial charge in [0.15, 0.2) is 0 Å². The molecule has 0 spiro atoms. The molecule has 80 valence electrons. The Hall–Kier alpha value is -1.26. The van der Waals surface area contributed by atoms with Crippen LogP contribution < -0.4 is 0 Å². The highest BCUT2D eigenvalue weighted by Gasteiger charge is 2.08. The third kappa shape index (κ3) is 1.30. The summed E-state index contributed by atoms with van der Waals surface area (Å²) in [6, 6.07) is 8.09. The number of hydrogen-bond donors (Lipinski definition) is 0. The van der Waals surface area contributed by atoms with Gasteiger partial charge in [-0.25, -0.2) is 0 Å². The van der Waals surface area contributed by atoms with Gasteiger partial charge in [-0.1, -0.05) is 60.9 Å². The minimum Gasteiger partial charge on any atom is -0.269 e. The van der Waals surface area contributed by atoms with Crippen molar-refractivity contribution in [1.82, 2.24) is 9.36 Å². The average molecular weight is 246 g/mol. The van der Waals surface area contributed by atoms with Crippen LogP contribution in [0.1, 0.15) is 0 Å². The molecule has 1 aromatic heterocycles. The van der Waals surface area contributed by atoms with Crippen molar-refractivity contribution in [3.63, 3.8) is 0 Å². The van der Waals surface area contributed by atoms with Crippen LogP contribution in [0.15, 0.2) is 36.4 Å². The topological polar surface area (TPSA) is 9.86 Å². The van der Waals surface area contributed by atoms with E-state index in [1.165, 1.54) is 0 Å². The predicted molar refractivity (Wildman–Crippen MR) is 70.7 cm³/mol. The third-order valence-electron chi connectivity index (χ3n) is 2.87. The molecule has 0 saturated carbocycles. The minimum absolute atomic E-state index is 0.813. The van der Waals surface area contributed by atoms with Gasteiger partial charge in [-0.15, -0.1) is 0 Å². The summed E-state index contributed by atoms with van der Waals surface area (Å²) in [6.07, 6.45) is 4.25. The van der Waals surface area contributed by atoms with Crippen molar-refractivity contribution in [2.75, 3.05) is 0 Å². The Morgan fingerprint density at radius 3 is 1.69 bits per heavy atom. The summed E-state index contributed by atoms with van der Waals surface area (Å²) in [4.78, 5) is 0. The van der Waals surface area contributed by atoms with Crippen LogP contribution in [-0.2, 0) is 13.1 Å². The molecule has 4 heteroatoms. The molecule has 0 aliphatic carbocycles. The molecule has 0 saturated heterocycles. The molecule has 3 rings (SSSR count). The van der Waals surface area contributed by atoms with E-state index in [0.29, 0.717) is 0 Å². The maximum absolute atomic E-state index is 5.50. The largest absolute Gasteiger partial charge is 0.269 e. The summed E-state index contributed by atoms with van der Waals surface area (Å²) < 4.78 is 5.88. The van der Waals surface area contributed by atoms with Gasteiger partial charge in [0.05, 0.1) is 13.1 Å². The molecule has 2 heterocycles. The average Bonchev–Trinajstić information content (AvgIpc) is 2.36. The zero-order valence-electron chi connectivity index (χ0n) is 8.59. The lowest BCUT2D eigenvalue weighted by molar-refractivity contribution is 0.481. The summed E-state index contributed by atoms with van der Waals surface area (Å²) in [7, 11) is 0. The van der Waals surface area contributed by atoms with Crippen molar-refractivity contribution >= 4 is 35.2 Å². The van der Waals surface area contributed by atoms with Crippen LogP contribution in [0.5, 0.6) is 0 Å². The first kappa shape index (κ1) is 9.93. The molecule has 0 radical (unpaired) electrons. The van der Waals surface area contributed by atoms with Gasteiger partial charge in [0, 0.05) is 10.8 Å². The van der Waals surface area contributed by atoms with Crippen LogP contribution in [0.2, 0.25) is 0 Å². The van der Waals surface area contributed by atoms with E-state index in [2.05, 4.69) is 21.5 Å². The Kier molecular flexibility index (Phi) is 2.26. The van der Waals surface area contributed by atoms with Gasteiger partial charge in [0.1, 0.15) is 9.28 Å². The predicted octanol–water partition coefficient (Wildman–Crippen LogP) is 3.47. The second-order valence-corrected chi connectivity index (χ2v) is 4.56. The Bertz CT molecular complexity index is 647. The second-order valence-electron chi connectivity index (χ2n) is 3.79. The fourth-order valence-corrected chi connectivity index (χ4v) is 2.77.